The second-order valence-electron chi connectivity index (χ2n) is 3.50. The van der Waals surface area contributed by atoms with Crippen LogP contribution < -0.4 is 0 Å². The molecule has 0 N–H and O–H groups in total. The van der Waals surface area contributed by atoms with Gasteiger partial charge in [0.1, 0.15) is 11.3 Å². The summed E-state index contributed by atoms with van der Waals surface area (Å²) in [4.78, 5) is 4.51. The van der Waals surface area contributed by atoms with Crippen molar-refractivity contribution in [3.8, 4) is 0 Å². The molecule has 12 heavy (non-hydrogen) atoms. The third-order valence-electron chi connectivity index (χ3n) is 2.65. The average molecular weight is 159 g/mol. The molecule has 60 valence electrons. The molecule has 1 saturated carbocycles. The highest BCUT2D eigenvalue weighted by Gasteiger charge is 2.60. The predicted molar refractivity (Wildman–Crippen MR) is 45.8 cm³/mol. The minimum atomic E-state index is -0.00984. The average Bonchev–Trinajstić information content (AvgIpc) is 2.63. The van der Waals surface area contributed by atoms with Gasteiger partial charge >= 0.3 is 0 Å². The molecule has 0 radical (unpaired) electrons. The van der Waals surface area contributed by atoms with Gasteiger partial charge in [0.25, 0.3) is 0 Å². The van der Waals surface area contributed by atoms with Crippen LogP contribution in [0, 0.1) is 5.92 Å². The quantitative estimate of drug-likeness (QED) is 0.494. The van der Waals surface area contributed by atoms with E-state index in [4.69, 9.17) is 4.74 Å². The van der Waals surface area contributed by atoms with Gasteiger partial charge in [0.05, 0.1) is 0 Å². The molecule has 0 aromatic carbocycles. The number of hydrogen-bond donors (Lipinski definition) is 0. The summed E-state index contributed by atoms with van der Waals surface area (Å²) in [5, 5.41) is 0. The van der Waals surface area contributed by atoms with Crippen molar-refractivity contribution in [2.45, 2.75) is 18.9 Å². The Labute approximate surface area is 70.9 Å². The molecule has 3 aliphatic rings. The Morgan fingerprint density at radius 3 is 3.58 bits per heavy atom. The molecule has 1 aliphatic heterocycles. The molecular weight excluding hydrogens is 150 g/mol. The Balaban J connectivity index is 2.15. The summed E-state index contributed by atoms with van der Waals surface area (Å²) in [7, 11) is 0. The molecule has 0 aromatic rings. The van der Waals surface area contributed by atoms with Crippen LogP contribution in [0.3, 0.4) is 0 Å². The van der Waals surface area contributed by atoms with Gasteiger partial charge in [-0.1, -0.05) is 0 Å². The number of rotatable bonds is 0. The van der Waals surface area contributed by atoms with E-state index in [9.17, 15) is 0 Å². The van der Waals surface area contributed by atoms with Crippen LogP contribution in [0.2, 0.25) is 0 Å². The molecule has 1 heterocycles. The first kappa shape index (κ1) is 6.27. The maximum absolute atomic E-state index is 5.51. The van der Waals surface area contributed by atoms with E-state index in [0.29, 0.717) is 5.92 Å². The highest BCUT2D eigenvalue weighted by molar-refractivity contribution is 5.79. The van der Waals surface area contributed by atoms with E-state index in [1.165, 1.54) is 0 Å². The molecule has 2 aliphatic carbocycles. The van der Waals surface area contributed by atoms with Crippen molar-refractivity contribution < 1.29 is 4.74 Å². The molecule has 2 heteroatoms. The smallest absolute Gasteiger partial charge is 0.187 e. The lowest BCUT2D eigenvalue weighted by Crippen LogP contribution is -2.06. The van der Waals surface area contributed by atoms with Crippen molar-refractivity contribution in [3.05, 3.63) is 29.7 Å². The fourth-order valence-corrected chi connectivity index (χ4v) is 1.97. The second-order valence-corrected chi connectivity index (χ2v) is 3.50. The van der Waals surface area contributed by atoms with Crippen molar-refractivity contribution >= 4 is 5.90 Å². The normalized spacial score (nSPS) is 40.6. The van der Waals surface area contributed by atoms with Gasteiger partial charge in [-0.05, 0) is 24.6 Å². The summed E-state index contributed by atoms with van der Waals surface area (Å²) in [5.41, 5.74) is 3.09. The maximum atomic E-state index is 5.51. The lowest BCUT2D eigenvalue weighted by atomic mass is 10.2. The third-order valence-corrected chi connectivity index (χ3v) is 2.65. The van der Waals surface area contributed by atoms with Gasteiger partial charge in [0.2, 0.25) is 0 Å². The van der Waals surface area contributed by atoms with E-state index in [1.54, 1.807) is 0 Å². The van der Waals surface area contributed by atoms with Crippen LogP contribution in [0.1, 0.15) is 13.3 Å². The van der Waals surface area contributed by atoms with Gasteiger partial charge in [0, 0.05) is 12.8 Å². The lowest BCUT2D eigenvalue weighted by Gasteiger charge is -2.03. The van der Waals surface area contributed by atoms with Crippen LogP contribution in [0.25, 0.3) is 0 Å². The molecule has 2 atom stereocenters. The fraction of sp³-hybridized carbons (Fsp3) is 0.400. The van der Waals surface area contributed by atoms with Crippen LogP contribution in [-0.2, 0) is 4.74 Å². The van der Waals surface area contributed by atoms with Crippen molar-refractivity contribution in [2.75, 3.05) is 0 Å². The van der Waals surface area contributed by atoms with Crippen LogP contribution in [0.4, 0.5) is 0 Å². The molecule has 1 fully saturated rings. The van der Waals surface area contributed by atoms with Crippen LogP contribution in [-0.4, -0.2) is 11.4 Å². The van der Waals surface area contributed by atoms with E-state index in [1.807, 2.05) is 19.1 Å². The van der Waals surface area contributed by atoms with Gasteiger partial charge in [-0.15, -0.1) is 5.73 Å². The topological polar surface area (TPSA) is 21.6 Å². The minimum absolute atomic E-state index is 0.00984. The van der Waals surface area contributed by atoms with Crippen molar-refractivity contribution in [2.24, 2.45) is 10.9 Å². The predicted octanol–water partition coefficient (Wildman–Crippen LogP) is 1.80. The highest BCUT2D eigenvalue weighted by Crippen LogP contribution is 2.56. The van der Waals surface area contributed by atoms with Gasteiger partial charge < -0.3 is 4.74 Å². The third kappa shape index (κ3) is 0.590. The van der Waals surface area contributed by atoms with Gasteiger partial charge in [-0.3, -0.25) is 0 Å². The van der Waals surface area contributed by atoms with E-state index < -0.39 is 0 Å². The summed E-state index contributed by atoms with van der Waals surface area (Å²) in [6, 6.07) is 0. The Hall–Kier alpha value is -1.27. The number of ether oxygens (including phenoxy) is 1. The van der Waals surface area contributed by atoms with E-state index in [0.717, 1.165) is 18.1 Å². The molecular formula is C10H9NO. The van der Waals surface area contributed by atoms with E-state index in [2.05, 4.69) is 16.8 Å². The summed E-state index contributed by atoms with van der Waals surface area (Å²) < 4.78 is 5.51. The molecule has 1 spiro atoms. The van der Waals surface area contributed by atoms with Gasteiger partial charge in [-0.25, -0.2) is 4.99 Å². The zero-order valence-corrected chi connectivity index (χ0v) is 6.87. The van der Waals surface area contributed by atoms with E-state index >= 15 is 0 Å². The van der Waals surface area contributed by atoms with Crippen molar-refractivity contribution in [1.82, 2.24) is 0 Å². The first-order chi connectivity index (χ1) is 5.81. The summed E-state index contributed by atoms with van der Waals surface area (Å²) >= 11 is 0. The fourth-order valence-electron chi connectivity index (χ4n) is 1.97. The van der Waals surface area contributed by atoms with Crippen molar-refractivity contribution in [1.29, 1.82) is 0 Å². The first-order valence-electron chi connectivity index (χ1n) is 4.19. The van der Waals surface area contributed by atoms with Crippen molar-refractivity contribution in [3.63, 3.8) is 0 Å². The molecule has 2 unspecified atom stereocenters. The monoisotopic (exact) mass is 159 g/mol. The molecule has 0 saturated heterocycles. The standard InChI is InChI=1S/C10H9NO/c1-7-11-10-6-8(10)4-2-3-5-9(10)12-7/h3-5,8H,6H2,1H3. The Kier molecular flexibility index (Phi) is 0.901. The summed E-state index contributed by atoms with van der Waals surface area (Å²) in [5.74, 6) is 2.33. The first-order valence-corrected chi connectivity index (χ1v) is 4.19. The van der Waals surface area contributed by atoms with Crippen LogP contribution >= 0.6 is 0 Å². The van der Waals surface area contributed by atoms with Gasteiger partial charge in [-0.2, -0.15) is 0 Å². The molecule has 2 nitrogen and oxygen atoms in total. The summed E-state index contributed by atoms with van der Waals surface area (Å²) in [6.45, 7) is 1.91. The number of allylic oxidation sites excluding steroid dienone is 1. The van der Waals surface area contributed by atoms with E-state index in [-0.39, 0.29) is 5.54 Å². The van der Waals surface area contributed by atoms with Gasteiger partial charge in [0.15, 0.2) is 5.90 Å². The van der Waals surface area contributed by atoms with Crippen LogP contribution in [0.15, 0.2) is 34.7 Å². The van der Waals surface area contributed by atoms with Crippen LogP contribution in [0.5, 0.6) is 0 Å². The minimum Gasteiger partial charge on any atom is -0.445 e. The zero-order chi connectivity index (χ0) is 8.18. The lowest BCUT2D eigenvalue weighted by molar-refractivity contribution is 0.404. The molecule has 0 aromatic heterocycles. The largest absolute Gasteiger partial charge is 0.445 e. The molecule has 0 bridgehead atoms. The maximum Gasteiger partial charge on any atom is 0.187 e. The second kappa shape index (κ2) is 1.73. The zero-order valence-electron chi connectivity index (χ0n) is 6.87. The Morgan fingerprint density at radius 1 is 1.75 bits per heavy atom. The number of aliphatic imine (C=N–C) groups is 1. The summed E-state index contributed by atoms with van der Waals surface area (Å²) in [6.07, 6.45) is 7.06. The molecule has 3 rings (SSSR count). The molecule has 0 amide bonds. The highest BCUT2D eigenvalue weighted by atomic mass is 16.5. The SMILES string of the molecule is CC1=NC23CC2C=C=CC=C3O1. The number of nitrogens with zero attached hydrogens (tertiary/aromatic N) is 1. The Bertz CT molecular complexity index is 371. The number of hydrogen-bond acceptors (Lipinski definition) is 2. The Morgan fingerprint density at radius 2 is 2.67 bits per heavy atom.